The lowest BCUT2D eigenvalue weighted by Gasteiger charge is -2.34. The Hall–Kier alpha value is -2.66. The number of aromatic nitrogens is 1. The molecule has 0 saturated heterocycles. The molecule has 0 unspecified atom stereocenters. The highest BCUT2D eigenvalue weighted by atomic mass is 16.3. The SMILES string of the molecule is O=C(Nc1ccc2nc(Cc3ccccc3)oc2c1)C1(O)CCC1. The molecule has 1 saturated carbocycles. The fraction of sp³-hybridized carbons (Fsp3) is 0.263. The van der Waals surface area contributed by atoms with Crippen molar-refractivity contribution in [2.75, 3.05) is 5.32 Å². The molecule has 0 bridgehead atoms. The maximum Gasteiger partial charge on any atom is 0.256 e. The highest BCUT2D eigenvalue weighted by molar-refractivity contribution is 5.98. The normalized spacial score (nSPS) is 15.9. The van der Waals surface area contributed by atoms with Crippen LogP contribution in [0.1, 0.15) is 30.7 Å². The number of nitrogens with one attached hydrogen (secondary N) is 1. The zero-order valence-electron chi connectivity index (χ0n) is 13.2. The van der Waals surface area contributed by atoms with Crippen LogP contribution in [0.5, 0.6) is 0 Å². The van der Waals surface area contributed by atoms with Gasteiger partial charge < -0.3 is 14.8 Å². The van der Waals surface area contributed by atoms with E-state index in [9.17, 15) is 9.90 Å². The largest absolute Gasteiger partial charge is 0.440 e. The van der Waals surface area contributed by atoms with Crippen molar-refractivity contribution in [2.24, 2.45) is 0 Å². The molecule has 1 amide bonds. The molecule has 0 spiro atoms. The van der Waals surface area contributed by atoms with E-state index in [2.05, 4.69) is 10.3 Å². The van der Waals surface area contributed by atoms with Crippen molar-refractivity contribution in [3.8, 4) is 0 Å². The van der Waals surface area contributed by atoms with E-state index in [1.165, 1.54) is 0 Å². The fourth-order valence-corrected chi connectivity index (χ4v) is 2.88. The standard InChI is InChI=1S/C19H18N2O3/c22-18(19(23)9-4-10-19)20-14-7-8-15-16(12-14)24-17(21-15)11-13-5-2-1-3-6-13/h1-3,5-8,12,23H,4,9-11H2,(H,20,22). The van der Waals surface area contributed by atoms with Crippen molar-refractivity contribution in [1.82, 2.24) is 4.98 Å². The molecule has 0 aliphatic heterocycles. The monoisotopic (exact) mass is 322 g/mol. The van der Waals surface area contributed by atoms with E-state index in [1.807, 2.05) is 36.4 Å². The number of anilines is 1. The lowest BCUT2D eigenvalue weighted by Crippen LogP contribution is -2.48. The molecule has 1 heterocycles. The first-order chi connectivity index (χ1) is 11.6. The zero-order valence-corrected chi connectivity index (χ0v) is 13.2. The van der Waals surface area contributed by atoms with Gasteiger partial charge in [0.05, 0.1) is 0 Å². The fourth-order valence-electron chi connectivity index (χ4n) is 2.88. The highest BCUT2D eigenvalue weighted by Gasteiger charge is 2.41. The summed E-state index contributed by atoms with van der Waals surface area (Å²) in [5, 5.41) is 12.8. The van der Waals surface area contributed by atoms with Gasteiger partial charge in [-0.3, -0.25) is 4.79 Å². The van der Waals surface area contributed by atoms with Crippen LogP contribution >= 0.6 is 0 Å². The molecule has 0 atom stereocenters. The van der Waals surface area contributed by atoms with Gasteiger partial charge in [0.15, 0.2) is 11.5 Å². The van der Waals surface area contributed by atoms with Gasteiger partial charge in [-0.2, -0.15) is 0 Å². The Morgan fingerprint density at radius 3 is 2.71 bits per heavy atom. The summed E-state index contributed by atoms with van der Waals surface area (Å²) in [6.07, 6.45) is 2.54. The molecule has 1 aliphatic rings. The van der Waals surface area contributed by atoms with E-state index in [0.717, 1.165) is 17.5 Å². The van der Waals surface area contributed by atoms with Gasteiger partial charge in [-0.05, 0) is 37.0 Å². The minimum atomic E-state index is -1.21. The Morgan fingerprint density at radius 1 is 1.21 bits per heavy atom. The van der Waals surface area contributed by atoms with Crippen molar-refractivity contribution < 1.29 is 14.3 Å². The maximum atomic E-state index is 12.1. The van der Waals surface area contributed by atoms with Crippen molar-refractivity contribution in [3.63, 3.8) is 0 Å². The first kappa shape index (κ1) is 14.9. The van der Waals surface area contributed by atoms with Crippen LogP contribution in [0.25, 0.3) is 11.1 Å². The molecule has 1 aliphatic carbocycles. The summed E-state index contributed by atoms with van der Waals surface area (Å²) in [6.45, 7) is 0. The van der Waals surface area contributed by atoms with Gasteiger partial charge in [-0.15, -0.1) is 0 Å². The summed E-state index contributed by atoms with van der Waals surface area (Å²) < 4.78 is 5.80. The number of fused-ring (bicyclic) bond motifs is 1. The molecule has 2 N–H and O–H groups in total. The lowest BCUT2D eigenvalue weighted by molar-refractivity contribution is -0.142. The van der Waals surface area contributed by atoms with Crippen LogP contribution in [-0.2, 0) is 11.2 Å². The van der Waals surface area contributed by atoms with E-state index in [-0.39, 0.29) is 5.91 Å². The van der Waals surface area contributed by atoms with Gasteiger partial charge in [-0.1, -0.05) is 30.3 Å². The molecule has 2 aromatic carbocycles. The lowest BCUT2D eigenvalue weighted by atomic mass is 9.79. The van der Waals surface area contributed by atoms with Crippen LogP contribution in [0.15, 0.2) is 52.9 Å². The van der Waals surface area contributed by atoms with Crippen LogP contribution < -0.4 is 5.32 Å². The third kappa shape index (κ3) is 2.78. The third-order valence-corrected chi connectivity index (χ3v) is 4.49. The Kier molecular flexibility index (Phi) is 3.58. The smallest absolute Gasteiger partial charge is 0.256 e. The summed E-state index contributed by atoms with van der Waals surface area (Å²) in [6, 6.07) is 15.3. The number of aliphatic hydroxyl groups is 1. The predicted octanol–water partition coefficient (Wildman–Crippen LogP) is 3.27. The Balaban J connectivity index is 1.54. The van der Waals surface area contributed by atoms with E-state index in [1.54, 1.807) is 12.1 Å². The summed E-state index contributed by atoms with van der Waals surface area (Å²) in [4.78, 5) is 16.6. The van der Waals surface area contributed by atoms with Crippen LogP contribution in [-0.4, -0.2) is 21.6 Å². The van der Waals surface area contributed by atoms with E-state index in [4.69, 9.17) is 4.42 Å². The topological polar surface area (TPSA) is 75.4 Å². The van der Waals surface area contributed by atoms with Crippen molar-refractivity contribution in [1.29, 1.82) is 0 Å². The number of rotatable bonds is 4. The number of benzene rings is 2. The molecule has 4 rings (SSSR count). The third-order valence-electron chi connectivity index (χ3n) is 4.49. The van der Waals surface area contributed by atoms with Gasteiger partial charge in [0.1, 0.15) is 11.1 Å². The molecule has 0 radical (unpaired) electrons. The van der Waals surface area contributed by atoms with E-state index in [0.29, 0.717) is 36.4 Å². The van der Waals surface area contributed by atoms with Gasteiger partial charge in [0.2, 0.25) is 0 Å². The maximum absolute atomic E-state index is 12.1. The number of hydrogen-bond acceptors (Lipinski definition) is 4. The Labute approximate surface area is 139 Å². The number of amides is 1. The minimum absolute atomic E-state index is 0.350. The average Bonchev–Trinajstić information content (AvgIpc) is 2.95. The molecular weight excluding hydrogens is 304 g/mol. The van der Waals surface area contributed by atoms with E-state index >= 15 is 0 Å². The van der Waals surface area contributed by atoms with Crippen LogP contribution in [0.3, 0.4) is 0 Å². The van der Waals surface area contributed by atoms with Crippen LogP contribution in [0.2, 0.25) is 0 Å². The van der Waals surface area contributed by atoms with Gasteiger partial charge in [-0.25, -0.2) is 4.98 Å². The highest BCUT2D eigenvalue weighted by Crippen LogP contribution is 2.33. The van der Waals surface area contributed by atoms with Crippen LogP contribution in [0, 0.1) is 0 Å². The number of oxazole rings is 1. The predicted molar refractivity (Wildman–Crippen MR) is 90.7 cm³/mol. The zero-order chi connectivity index (χ0) is 16.6. The van der Waals surface area contributed by atoms with Crippen LogP contribution in [0.4, 0.5) is 5.69 Å². The molecule has 1 aromatic heterocycles. The molecular formula is C19H18N2O3. The molecule has 5 heteroatoms. The average molecular weight is 322 g/mol. The van der Waals surface area contributed by atoms with Gasteiger partial charge in [0, 0.05) is 18.2 Å². The first-order valence-electron chi connectivity index (χ1n) is 8.10. The number of nitrogens with zero attached hydrogens (tertiary/aromatic N) is 1. The first-order valence-corrected chi connectivity index (χ1v) is 8.10. The quantitative estimate of drug-likeness (QED) is 0.773. The molecule has 24 heavy (non-hydrogen) atoms. The molecule has 3 aromatic rings. The Bertz CT molecular complexity index is 882. The minimum Gasteiger partial charge on any atom is -0.440 e. The summed E-state index contributed by atoms with van der Waals surface area (Å²) in [7, 11) is 0. The summed E-state index contributed by atoms with van der Waals surface area (Å²) >= 11 is 0. The van der Waals surface area contributed by atoms with Crippen molar-refractivity contribution in [3.05, 3.63) is 60.0 Å². The number of carbonyl (C=O) groups is 1. The molecule has 5 nitrogen and oxygen atoms in total. The number of hydrogen-bond donors (Lipinski definition) is 2. The van der Waals surface area contributed by atoms with Crippen molar-refractivity contribution in [2.45, 2.75) is 31.3 Å². The van der Waals surface area contributed by atoms with Gasteiger partial charge in [0.25, 0.3) is 5.91 Å². The second-order valence-electron chi connectivity index (χ2n) is 6.29. The Morgan fingerprint density at radius 2 is 2.00 bits per heavy atom. The number of carbonyl (C=O) groups excluding carboxylic acids is 1. The van der Waals surface area contributed by atoms with E-state index < -0.39 is 5.60 Å². The second kappa shape index (κ2) is 5.76. The summed E-state index contributed by atoms with van der Waals surface area (Å²) in [5.41, 5.74) is 1.90. The van der Waals surface area contributed by atoms with Crippen molar-refractivity contribution >= 4 is 22.7 Å². The molecule has 1 fully saturated rings. The second-order valence-corrected chi connectivity index (χ2v) is 6.29. The van der Waals surface area contributed by atoms with Gasteiger partial charge >= 0.3 is 0 Å². The molecule has 122 valence electrons. The summed E-state index contributed by atoms with van der Waals surface area (Å²) in [5.74, 6) is 0.287.